The second-order valence-corrected chi connectivity index (χ2v) is 10.6. The van der Waals surface area contributed by atoms with Gasteiger partial charge in [-0.25, -0.2) is 9.78 Å². The van der Waals surface area contributed by atoms with E-state index in [-0.39, 0.29) is 17.4 Å². The second kappa shape index (κ2) is 11.5. The summed E-state index contributed by atoms with van der Waals surface area (Å²) in [5, 5.41) is 6.40. The van der Waals surface area contributed by atoms with Crippen LogP contribution >= 0.6 is 23.1 Å². The quantitative estimate of drug-likeness (QED) is 0.314. The van der Waals surface area contributed by atoms with Crippen LogP contribution in [0.3, 0.4) is 0 Å². The molecule has 0 radical (unpaired) electrons. The maximum absolute atomic E-state index is 13.6. The van der Waals surface area contributed by atoms with Crippen LogP contribution in [0.4, 0.5) is 4.79 Å². The van der Waals surface area contributed by atoms with Gasteiger partial charge in [0.1, 0.15) is 4.83 Å². The number of fused-ring (bicyclic) bond motifs is 3. The Bertz CT molecular complexity index is 1060. The zero-order valence-electron chi connectivity index (χ0n) is 19.1. The van der Waals surface area contributed by atoms with E-state index < -0.39 is 11.9 Å². The smallest absolute Gasteiger partial charge is 0.321 e. The van der Waals surface area contributed by atoms with Gasteiger partial charge in [-0.05, 0) is 57.4 Å². The SMILES string of the molecule is CCOCCCNC(=O)NC(=O)CSc1nc2sc3c(c2c(=O)n1C1CCCC1)CCCC3. The molecule has 2 heterocycles. The van der Waals surface area contributed by atoms with Gasteiger partial charge in [0.2, 0.25) is 5.91 Å². The van der Waals surface area contributed by atoms with Crippen LogP contribution in [0, 0.1) is 0 Å². The van der Waals surface area contributed by atoms with E-state index in [1.54, 1.807) is 11.3 Å². The summed E-state index contributed by atoms with van der Waals surface area (Å²) in [6, 6.07) is -0.382. The molecule has 2 aromatic heterocycles. The van der Waals surface area contributed by atoms with Gasteiger partial charge in [-0.1, -0.05) is 24.6 Å². The number of hydrogen-bond donors (Lipinski definition) is 2. The molecule has 0 aromatic carbocycles. The number of carbonyl (C=O) groups excluding carboxylic acids is 2. The number of rotatable bonds is 9. The third-order valence-corrected chi connectivity index (χ3v) is 8.36. The Morgan fingerprint density at radius 1 is 1.21 bits per heavy atom. The minimum atomic E-state index is -0.514. The largest absolute Gasteiger partial charge is 0.382 e. The van der Waals surface area contributed by atoms with Crippen LogP contribution in [-0.2, 0) is 22.4 Å². The molecule has 2 aliphatic rings. The summed E-state index contributed by atoms with van der Waals surface area (Å²) in [6.45, 7) is 3.57. The van der Waals surface area contributed by atoms with E-state index >= 15 is 0 Å². The van der Waals surface area contributed by atoms with Crippen LogP contribution in [-0.4, -0.2) is 47.0 Å². The summed E-state index contributed by atoms with van der Waals surface area (Å²) in [5.41, 5.74) is 1.24. The highest BCUT2D eigenvalue weighted by molar-refractivity contribution is 7.99. The Labute approximate surface area is 201 Å². The van der Waals surface area contributed by atoms with Gasteiger partial charge in [-0.15, -0.1) is 11.3 Å². The van der Waals surface area contributed by atoms with Crippen LogP contribution in [0.5, 0.6) is 0 Å². The highest BCUT2D eigenvalue weighted by Crippen LogP contribution is 2.37. The van der Waals surface area contributed by atoms with Gasteiger partial charge in [0, 0.05) is 30.7 Å². The first-order chi connectivity index (χ1) is 16.1. The number of hydrogen-bond acceptors (Lipinski definition) is 7. The average molecular weight is 493 g/mol. The topological polar surface area (TPSA) is 102 Å². The Hall–Kier alpha value is -1.91. The third kappa shape index (κ3) is 5.78. The van der Waals surface area contributed by atoms with Crippen molar-refractivity contribution in [3.63, 3.8) is 0 Å². The number of thioether (sulfide) groups is 1. The lowest BCUT2D eigenvalue weighted by atomic mass is 9.97. The predicted octanol–water partition coefficient (Wildman–Crippen LogP) is 3.80. The molecule has 3 amide bonds. The minimum absolute atomic E-state index is 0.0299. The van der Waals surface area contributed by atoms with E-state index in [1.807, 2.05) is 11.5 Å². The predicted molar refractivity (Wildman–Crippen MR) is 131 cm³/mol. The lowest BCUT2D eigenvalue weighted by molar-refractivity contribution is -0.117. The fourth-order valence-corrected chi connectivity index (χ4v) is 6.81. The Morgan fingerprint density at radius 2 is 2.00 bits per heavy atom. The molecule has 2 aliphatic carbocycles. The Kier molecular flexibility index (Phi) is 8.43. The lowest BCUT2D eigenvalue weighted by Crippen LogP contribution is -2.41. The zero-order chi connectivity index (χ0) is 23.2. The lowest BCUT2D eigenvalue weighted by Gasteiger charge is -2.18. The van der Waals surface area contributed by atoms with Crippen molar-refractivity contribution in [3.8, 4) is 0 Å². The van der Waals surface area contributed by atoms with Crippen molar-refractivity contribution < 1.29 is 14.3 Å². The first kappa shape index (κ1) is 24.2. The number of ether oxygens (including phenoxy) is 1. The molecule has 1 fully saturated rings. The summed E-state index contributed by atoms with van der Waals surface area (Å²) in [4.78, 5) is 44.9. The fraction of sp³-hybridized carbons (Fsp3) is 0.652. The normalized spacial score (nSPS) is 16.2. The van der Waals surface area contributed by atoms with Crippen molar-refractivity contribution in [1.29, 1.82) is 0 Å². The molecule has 0 atom stereocenters. The molecule has 1 saturated carbocycles. The van der Waals surface area contributed by atoms with E-state index in [1.165, 1.54) is 22.2 Å². The van der Waals surface area contributed by atoms with Gasteiger partial charge >= 0.3 is 6.03 Å². The van der Waals surface area contributed by atoms with Crippen molar-refractivity contribution in [2.75, 3.05) is 25.5 Å². The van der Waals surface area contributed by atoms with E-state index in [0.29, 0.717) is 31.3 Å². The van der Waals surface area contributed by atoms with Crippen LogP contribution in [0.2, 0.25) is 0 Å². The molecule has 2 aromatic rings. The van der Waals surface area contributed by atoms with E-state index in [9.17, 15) is 14.4 Å². The number of nitrogens with one attached hydrogen (secondary N) is 2. The maximum Gasteiger partial charge on any atom is 0.321 e. The zero-order valence-corrected chi connectivity index (χ0v) is 20.7. The second-order valence-electron chi connectivity index (χ2n) is 8.54. The van der Waals surface area contributed by atoms with Crippen molar-refractivity contribution in [1.82, 2.24) is 20.2 Å². The van der Waals surface area contributed by atoms with Crippen molar-refractivity contribution in [2.45, 2.75) is 75.9 Å². The van der Waals surface area contributed by atoms with Crippen molar-refractivity contribution >= 4 is 45.3 Å². The Balaban J connectivity index is 1.46. The van der Waals surface area contributed by atoms with Gasteiger partial charge < -0.3 is 10.1 Å². The van der Waals surface area contributed by atoms with Crippen LogP contribution in [0.25, 0.3) is 10.2 Å². The van der Waals surface area contributed by atoms with Gasteiger partial charge in [0.25, 0.3) is 5.56 Å². The summed E-state index contributed by atoms with van der Waals surface area (Å²) in [7, 11) is 0. The number of imide groups is 1. The summed E-state index contributed by atoms with van der Waals surface area (Å²) >= 11 is 2.87. The van der Waals surface area contributed by atoms with Crippen LogP contribution in [0.15, 0.2) is 9.95 Å². The number of thiophene rings is 1. The number of aryl methyl sites for hydroxylation is 2. The summed E-state index contributed by atoms with van der Waals surface area (Å²) in [5.74, 6) is -0.373. The van der Waals surface area contributed by atoms with Gasteiger partial charge in [-0.3, -0.25) is 19.5 Å². The molecule has 8 nitrogen and oxygen atoms in total. The van der Waals surface area contributed by atoms with Crippen LogP contribution in [0.1, 0.15) is 68.4 Å². The molecule has 0 spiro atoms. The number of amides is 3. The number of carbonyl (C=O) groups is 2. The molecular formula is C23H32N4O4S2. The first-order valence-corrected chi connectivity index (χ1v) is 13.7. The standard InChI is InChI=1S/C23H32N4O4S2/c1-2-31-13-7-12-24-22(30)25-18(28)14-32-23-26-20-19(16-10-5-6-11-17(16)33-20)21(29)27(23)15-8-3-4-9-15/h15H,2-14H2,1H3,(H2,24,25,28,30). The summed E-state index contributed by atoms with van der Waals surface area (Å²) in [6.07, 6.45) is 9.06. The fourth-order valence-electron chi connectivity index (χ4n) is 4.64. The summed E-state index contributed by atoms with van der Waals surface area (Å²) < 4.78 is 7.06. The third-order valence-electron chi connectivity index (χ3n) is 6.22. The molecule has 2 N–H and O–H groups in total. The van der Waals surface area contributed by atoms with E-state index in [4.69, 9.17) is 9.72 Å². The monoisotopic (exact) mass is 492 g/mol. The van der Waals surface area contributed by atoms with Gasteiger partial charge in [-0.2, -0.15) is 0 Å². The Morgan fingerprint density at radius 3 is 2.79 bits per heavy atom. The number of nitrogens with zero attached hydrogens (tertiary/aromatic N) is 2. The number of aromatic nitrogens is 2. The molecular weight excluding hydrogens is 460 g/mol. The maximum atomic E-state index is 13.6. The van der Waals surface area contributed by atoms with E-state index in [2.05, 4.69) is 10.6 Å². The average Bonchev–Trinajstić information content (AvgIpc) is 3.45. The molecule has 33 heavy (non-hydrogen) atoms. The van der Waals surface area contributed by atoms with E-state index in [0.717, 1.165) is 61.6 Å². The minimum Gasteiger partial charge on any atom is -0.382 e. The first-order valence-electron chi connectivity index (χ1n) is 11.9. The molecule has 4 rings (SSSR count). The molecule has 0 unspecified atom stereocenters. The molecule has 0 saturated heterocycles. The van der Waals surface area contributed by atoms with Crippen molar-refractivity contribution in [2.24, 2.45) is 0 Å². The number of urea groups is 1. The van der Waals surface area contributed by atoms with Crippen molar-refractivity contribution in [3.05, 3.63) is 20.8 Å². The molecule has 180 valence electrons. The molecule has 0 bridgehead atoms. The highest BCUT2D eigenvalue weighted by Gasteiger charge is 2.27. The van der Waals surface area contributed by atoms with Crippen LogP contribution < -0.4 is 16.2 Å². The van der Waals surface area contributed by atoms with Gasteiger partial charge in [0.05, 0.1) is 11.1 Å². The molecule has 0 aliphatic heterocycles. The highest BCUT2D eigenvalue weighted by atomic mass is 32.2. The van der Waals surface area contributed by atoms with Gasteiger partial charge in [0.15, 0.2) is 5.16 Å². The molecule has 10 heteroatoms.